The normalized spacial score (nSPS) is 30.1. The van der Waals surface area contributed by atoms with E-state index in [1.54, 1.807) is 0 Å². The van der Waals surface area contributed by atoms with Crippen molar-refractivity contribution in [3.63, 3.8) is 0 Å². The molecule has 3 aliphatic rings. The lowest BCUT2D eigenvalue weighted by molar-refractivity contribution is 0.220. The Morgan fingerprint density at radius 1 is 1.14 bits per heavy atom. The number of nitrogens with zero attached hydrogens (tertiary/aromatic N) is 2. The van der Waals surface area contributed by atoms with E-state index in [0.717, 1.165) is 50.3 Å². The van der Waals surface area contributed by atoms with Crippen LogP contribution in [0, 0.1) is 13.8 Å². The van der Waals surface area contributed by atoms with E-state index in [1.165, 1.54) is 5.56 Å². The minimum absolute atomic E-state index is 0.0873. The largest absolute Gasteiger partial charge is 0.465 e. The van der Waals surface area contributed by atoms with Gasteiger partial charge in [0.05, 0.1) is 11.8 Å². The van der Waals surface area contributed by atoms with Gasteiger partial charge in [-0.15, -0.1) is 0 Å². The Morgan fingerprint density at radius 3 is 2.50 bits per heavy atom. The maximum Gasteiger partial charge on any atom is 0.217 e. The van der Waals surface area contributed by atoms with Crippen LogP contribution in [0.3, 0.4) is 0 Å². The molecule has 6 heteroatoms. The molecule has 5 nitrogen and oxygen atoms in total. The number of fused-ring (bicyclic) bond motifs is 1. The predicted octanol–water partition coefficient (Wildman–Crippen LogP) is 2.04. The molecule has 1 aliphatic carbocycles. The number of rotatable bonds is 4. The first-order chi connectivity index (χ1) is 10.5. The van der Waals surface area contributed by atoms with Crippen molar-refractivity contribution in [3.8, 4) is 0 Å². The van der Waals surface area contributed by atoms with Crippen molar-refractivity contribution >= 4 is 10.0 Å². The highest BCUT2D eigenvalue weighted by atomic mass is 32.2. The number of furan rings is 1. The zero-order chi connectivity index (χ0) is 15.5. The van der Waals surface area contributed by atoms with Gasteiger partial charge in [-0.1, -0.05) is 0 Å². The Bertz CT molecular complexity index is 658. The van der Waals surface area contributed by atoms with Crippen LogP contribution in [0.15, 0.2) is 10.5 Å². The molecule has 0 unspecified atom stereocenters. The summed E-state index contributed by atoms with van der Waals surface area (Å²) >= 11 is 0. The van der Waals surface area contributed by atoms with Crippen molar-refractivity contribution in [2.75, 3.05) is 13.1 Å². The monoisotopic (exact) mass is 324 g/mol. The van der Waals surface area contributed by atoms with Gasteiger partial charge < -0.3 is 4.42 Å². The van der Waals surface area contributed by atoms with Crippen LogP contribution < -0.4 is 0 Å². The number of likely N-dealkylation sites (tertiary alicyclic amines) is 1. The summed E-state index contributed by atoms with van der Waals surface area (Å²) in [6.45, 7) is 6.51. The number of hydrogen-bond donors (Lipinski definition) is 0. The third kappa shape index (κ3) is 2.32. The van der Waals surface area contributed by atoms with Crippen LogP contribution in [-0.4, -0.2) is 48.0 Å². The lowest BCUT2D eigenvalue weighted by atomic mass is 10.1. The molecular weight excluding hydrogens is 300 g/mol. The van der Waals surface area contributed by atoms with Crippen molar-refractivity contribution in [2.24, 2.45) is 0 Å². The number of hydrogen-bond acceptors (Lipinski definition) is 4. The molecule has 0 radical (unpaired) electrons. The van der Waals surface area contributed by atoms with Gasteiger partial charge in [0.1, 0.15) is 11.5 Å². The van der Waals surface area contributed by atoms with E-state index in [-0.39, 0.29) is 11.3 Å². The lowest BCUT2D eigenvalue weighted by Gasteiger charge is -2.24. The second kappa shape index (κ2) is 5.08. The summed E-state index contributed by atoms with van der Waals surface area (Å²) in [5.74, 6) is 1.98. The van der Waals surface area contributed by atoms with Gasteiger partial charge in [-0.25, -0.2) is 8.42 Å². The van der Waals surface area contributed by atoms with E-state index in [2.05, 4.69) is 17.9 Å². The molecule has 0 bridgehead atoms. The fraction of sp³-hybridized carbons (Fsp3) is 0.750. The molecule has 3 fully saturated rings. The van der Waals surface area contributed by atoms with Gasteiger partial charge in [-0.3, -0.25) is 4.90 Å². The van der Waals surface area contributed by atoms with Crippen molar-refractivity contribution < 1.29 is 12.8 Å². The molecule has 0 amide bonds. The van der Waals surface area contributed by atoms with E-state index in [0.29, 0.717) is 12.6 Å². The highest BCUT2D eigenvalue weighted by Crippen LogP contribution is 2.39. The van der Waals surface area contributed by atoms with Crippen molar-refractivity contribution in [2.45, 2.75) is 63.4 Å². The minimum atomic E-state index is -3.04. The molecule has 2 aliphatic heterocycles. The highest BCUT2D eigenvalue weighted by molar-refractivity contribution is 7.90. The standard InChI is InChI=1S/C16H24N2O3S/c1-11-9-13(21-12(11)2)10-17-7-5-16-15(17)6-8-18(16)22(19,20)14-3-4-14/h9,14-16H,3-8,10H2,1-2H3/t15-,16+/m1/s1. The quantitative estimate of drug-likeness (QED) is 0.850. The molecule has 3 heterocycles. The Kier molecular flexibility index (Phi) is 3.40. The molecule has 0 aromatic carbocycles. The van der Waals surface area contributed by atoms with E-state index < -0.39 is 10.0 Å². The van der Waals surface area contributed by atoms with Crippen molar-refractivity contribution in [3.05, 3.63) is 23.2 Å². The Hall–Kier alpha value is -0.850. The molecule has 0 spiro atoms. The average Bonchev–Trinajstić information content (AvgIpc) is 3.02. The van der Waals surface area contributed by atoms with Crippen molar-refractivity contribution in [1.82, 2.24) is 9.21 Å². The SMILES string of the molecule is Cc1cc(CN2CC[C@H]3[C@H]2CCN3S(=O)(=O)C2CC2)oc1C. The second-order valence-electron chi connectivity index (χ2n) is 6.99. The number of aryl methyl sites for hydroxylation is 2. The number of sulfonamides is 1. The zero-order valence-corrected chi connectivity index (χ0v) is 14.1. The van der Waals surface area contributed by atoms with E-state index >= 15 is 0 Å². The van der Waals surface area contributed by atoms with Gasteiger partial charge in [-0.05, 0) is 51.2 Å². The summed E-state index contributed by atoms with van der Waals surface area (Å²) in [7, 11) is -3.04. The highest BCUT2D eigenvalue weighted by Gasteiger charge is 2.51. The molecular formula is C16H24N2O3S. The average molecular weight is 324 g/mol. The van der Waals surface area contributed by atoms with Gasteiger partial charge in [0.25, 0.3) is 0 Å². The first-order valence-corrected chi connectivity index (χ1v) is 9.78. The Labute approximate surface area is 132 Å². The van der Waals surface area contributed by atoms with Gasteiger partial charge in [0.15, 0.2) is 0 Å². The second-order valence-corrected chi connectivity index (χ2v) is 9.16. The summed E-state index contributed by atoms with van der Waals surface area (Å²) in [5.41, 5.74) is 1.19. The maximum atomic E-state index is 12.5. The van der Waals surface area contributed by atoms with Crippen LogP contribution >= 0.6 is 0 Å². The molecule has 2 saturated heterocycles. The van der Waals surface area contributed by atoms with Crippen molar-refractivity contribution in [1.29, 1.82) is 0 Å². The van der Waals surface area contributed by atoms with Crippen LogP contribution in [-0.2, 0) is 16.6 Å². The van der Waals surface area contributed by atoms with E-state index in [9.17, 15) is 8.42 Å². The van der Waals surface area contributed by atoms with E-state index in [4.69, 9.17) is 4.42 Å². The fourth-order valence-corrected chi connectivity index (χ4v) is 6.13. The van der Waals surface area contributed by atoms with Crippen LogP contribution in [0.1, 0.15) is 42.8 Å². The van der Waals surface area contributed by atoms with Crippen LogP contribution in [0.4, 0.5) is 0 Å². The third-order valence-corrected chi connectivity index (χ3v) is 7.91. The smallest absolute Gasteiger partial charge is 0.217 e. The van der Waals surface area contributed by atoms with Gasteiger partial charge in [0, 0.05) is 25.2 Å². The summed E-state index contributed by atoms with van der Waals surface area (Å²) in [6.07, 6.45) is 3.61. The van der Waals surface area contributed by atoms with Gasteiger partial charge in [-0.2, -0.15) is 4.31 Å². The first kappa shape index (κ1) is 14.7. The van der Waals surface area contributed by atoms with Crippen LogP contribution in [0.25, 0.3) is 0 Å². The third-order valence-electron chi connectivity index (χ3n) is 5.49. The summed E-state index contributed by atoms with van der Waals surface area (Å²) in [6, 6.07) is 2.65. The summed E-state index contributed by atoms with van der Waals surface area (Å²) < 4.78 is 32.7. The topological polar surface area (TPSA) is 53.8 Å². The zero-order valence-electron chi connectivity index (χ0n) is 13.3. The molecule has 22 heavy (non-hydrogen) atoms. The summed E-state index contributed by atoms with van der Waals surface area (Å²) in [5, 5.41) is -0.0873. The Morgan fingerprint density at radius 2 is 1.86 bits per heavy atom. The predicted molar refractivity (Wildman–Crippen MR) is 84.0 cm³/mol. The van der Waals surface area contributed by atoms with Crippen LogP contribution in [0.2, 0.25) is 0 Å². The molecule has 122 valence electrons. The molecule has 2 atom stereocenters. The lowest BCUT2D eigenvalue weighted by Crippen LogP contribution is -2.41. The maximum absolute atomic E-state index is 12.5. The molecule has 1 aromatic heterocycles. The molecule has 4 rings (SSSR count). The van der Waals surface area contributed by atoms with Gasteiger partial charge >= 0.3 is 0 Å². The summed E-state index contributed by atoms with van der Waals surface area (Å²) in [4.78, 5) is 2.41. The molecule has 1 saturated carbocycles. The first-order valence-electron chi connectivity index (χ1n) is 8.27. The minimum Gasteiger partial charge on any atom is -0.465 e. The fourth-order valence-electron chi connectivity index (χ4n) is 4.03. The van der Waals surface area contributed by atoms with Crippen LogP contribution in [0.5, 0.6) is 0 Å². The molecule has 1 aromatic rings. The molecule has 0 N–H and O–H groups in total. The van der Waals surface area contributed by atoms with Gasteiger partial charge in [0.2, 0.25) is 10.0 Å². The Balaban J connectivity index is 1.48. The van der Waals surface area contributed by atoms with E-state index in [1.807, 2.05) is 11.2 Å².